The Labute approximate surface area is 266 Å². The van der Waals surface area contributed by atoms with Crippen molar-refractivity contribution in [3.05, 3.63) is 0 Å². The highest BCUT2D eigenvalue weighted by Gasteiger charge is 2.54. The molecule has 3 aliphatic heterocycles. The third kappa shape index (κ3) is 8.33. The molecule has 46 heavy (non-hydrogen) atoms. The molecule has 1 aliphatic carbocycles. The van der Waals surface area contributed by atoms with Crippen molar-refractivity contribution in [2.75, 3.05) is 26.3 Å². The number of rotatable bonds is 13. The van der Waals surface area contributed by atoms with Gasteiger partial charge in [-0.05, 0) is 31.6 Å². The van der Waals surface area contributed by atoms with Gasteiger partial charge in [0.25, 0.3) is 0 Å². The number of ether oxygens (including phenoxy) is 6. The standard InChI is InChI=1S/C27H53N5O14/c28-5-14-13(36)4-12(31)25(41-14)44-22-11(30)3-9(1-2-10(35)7-33)18(37)24(22)46-27-21(40)23(16(8-34)43-27)45-26-17(32)20(39)19(38)15(6-29)42-26/h9-27,33-40H,1-8,28-32H2/t9-,10?,11+,12-,13+,14-,15+,16-,17-,18+,19-,20-,21-,22-,23-,24-,25-,26-,27+/m1/s1. The first-order valence-electron chi connectivity index (χ1n) is 15.7. The van der Waals surface area contributed by atoms with E-state index >= 15 is 0 Å². The molecule has 4 fully saturated rings. The van der Waals surface area contributed by atoms with Crippen LogP contribution in [0.4, 0.5) is 0 Å². The zero-order valence-electron chi connectivity index (χ0n) is 25.5. The lowest BCUT2D eigenvalue weighted by atomic mass is 9.77. The van der Waals surface area contributed by atoms with E-state index in [1.807, 2.05) is 0 Å². The highest BCUT2D eigenvalue weighted by atomic mass is 16.8. The minimum Gasteiger partial charge on any atom is -0.394 e. The molecule has 0 amide bonds. The van der Waals surface area contributed by atoms with Crippen LogP contribution in [0, 0.1) is 5.92 Å². The fraction of sp³-hybridized carbons (Fsp3) is 1.00. The summed E-state index contributed by atoms with van der Waals surface area (Å²) in [6.07, 6.45) is -17.5. The second-order valence-corrected chi connectivity index (χ2v) is 12.7. The molecule has 3 heterocycles. The molecule has 18 N–H and O–H groups in total. The van der Waals surface area contributed by atoms with Crippen molar-refractivity contribution in [1.82, 2.24) is 0 Å². The van der Waals surface area contributed by atoms with E-state index in [2.05, 4.69) is 0 Å². The average Bonchev–Trinajstić information content (AvgIpc) is 3.33. The summed E-state index contributed by atoms with van der Waals surface area (Å²) in [6.45, 7) is -1.28. The molecule has 19 atom stereocenters. The second-order valence-electron chi connectivity index (χ2n) is 12.7. The van der Waals surface area contributed by atoms with Crippen molar-refractivity contribution in [2.45, 2.75) is 136 Å². The van der Waals surface area contributed by atoms with E-state index in [4.69, 9.17) is 57.1 Å². The van der Waals surface area contributed by atoms with Crippen molar-refractivity contribution >= 4 is 0 Å². The van der Waals surface area contributed by atoms with Gasteiger partial charge in [-0.2, -0.15) is 0 Å². The summed E-state index contributed by atoms with van der Waals surface area (Å²) in [4.78, 5) is 0. The third-order valence-electron chi connectivity index (χ3n) is 9.38. The largest absolute Gasteiger partial charge is 0.394 e. The average molecular weight is 672 g/mol. The van der Waals surface area contributed by atoms with Gasteiger partial charge in [0, 0.05) is 19.1 Å². The highest BCUT2D eigenvalue weighted by molar-refractivity contribution is 5.00. The summed E-state index contributed by atoms with van der Waals surface area (Å²) in [5.74, 6) is -0.533. The maximum absolute atomic E-state index is 11.5. The van der Waals surface area contributed by atoms with Gasteiger partial charge >= 0.3 is 0 Å². The summed E-state index contributed by atoms with van der Waals surface area (Å²) in [5.41, 5.74) is 30.1. The molecule has 0 aromatic carbocycles. The van der Waals surface area contributed by atoms with Crippen LogP contribution in [-0.2, 0) is 28.4 Å². The van der Waals surface area contributed by atoms with Crippen LogP contribution >= 0.6 is 0 Å². The summed E-state index contributed by atoms with van der Waals surface area (Å²) < 4.78 is 35.4. The van der Waals surface area contributed by atoms with Crippen molar-refractivity contribution < 1.29 is 69.3 Å². The quantitative estimate of drug-likeness (QED) is 0.0864. The zero-order valence-corrected chi connectivity index (χ0v) is 25.5. The van der Waals surface area contributed by atoms with Crippen molar-refractivity contribution in [3.8, 4) is 0 Å². The summed E-state index contributed by atoms with van der Waals surface area (Å²) >= 11 is 0. The van der Waals surface area contributed by atoms with Crippen LogP contribution in [0.25, 0.3) is 0 Å². The topological polar surface area (TPSA) is 347 Å². The number of hydrogen-bond acceptors (Lipinski definition) is 19. The van der Waals surface area contributed by atoms with Gasteiger partial charge in [0.15, 0.2) is 18.9 Å². The first-order valence-corrected chi connectivity index (χ1v) is 15.7. The molecule has 19 nitrogen and oxygen atoms in total. The van der Waals surface area contributed by atoms with Gasteiger partial charge in [0.05, 0.1) is 49.7 Å². The Balaban J connectivity index is 1.53. The predicted octanol–water partition coefficient (Wildman–Crippen LogP) is -7.44. The number of aliphatic hydroxyl groups excluding tert-OH is 8. The summed E-state index contributed by atoms with van der Waals surface area (Å²) in [6, 6.07) is -2.81. The predicted molar refractivity (Wildman–Crippen MR) is 155 cm³/mol. The molecule has 4 rings (SSSR count). The first-order chi connectivity index (χ1) is 21.8. The monoisotopic (exact) mass is 671 g/mol. The van der Waals surface area contributed by atoms with Crippen LogP contribution in [0.3, 0.4) is 0 Å². The third-order valence-corrected chi connectivity index (χ3v) is 9.38. The SMILES string of the molecule is NC[C@@H]1O[C@H](O[C@H]2[C@@H](O)[C@H](O[C@@H]3[C@@H](O)[C@H](CCC(O)CO)C[C@H](N)[C@H]3O[C@H]3O[C@H](CN)[C@@H](O)C[C@H]3N)O[C@@H]2CO)[C@H](N)[C@@H](O)[C@@H]1O. The zero-order chi connectivity index (χ0) is 33.9. The van der Waals surface area contributed by atoms with Crippen molar-refractivity contribution in [1.29, 1.82) is 0 Å². The van der Waals surface area contributed by atoms with Gasteiger partial charge in [0.2, 0.25) is 0 Å². The van der Waals surface area contributed by atoms with Gasteiger partial charge < -0.3 is 97.9 Å². The molecular weight excluding hydrogens is 618 g/mol. The van der Waals surface area contributed by atoms with E-state index in [9.17, 15) is 40.9 Å². The van der Waals surface area contributed by atoms with E-state index in [0.717, 1.165) is 0 Å². The molecule has 19 heteroatoms. The van der Waals surface area contributed by atoms with Gasteiger partial charge in [-0.3, -0.25) is 0 Å². The molecule has 0 radical (unpaired) electrons. The number of hydrogen-bond donors (Lipinski definition) is 13. The molecule has 3 saturated heterocycles. The Morgan fingerprint density at radius 2 is 1.26 bits per heavy atom. The lowest BCUT2D eigenvalue weighted by Crippen LogP contribution is -2.64. The van der Waals surface area contributed by atoms with E-state index in [1.165, 1.54) is 0 Å². The molecule has 1 saturated carbocycles. The summed E-state index contributed by atoms with van der Waals surface area (Å²) in [5, 5.41) is 82.9. The Morgan fingerprint density at radius 3 is 1.89 bits per heavy atom. The fourth-order valence-electron chi connectivity index (χ4n) is 6.57. The van der Waals surface area contributed by atoms with Crippen LogP contribution in [0.2, 0.25) is 0 Å². The molecule has 0 bridgehead atoms. The van der Waals surface area contributed by atoms with Crippen LogP contribution in [0.5, 0.6) is 0 Å². The maximum atomic E-state index is 11.5. The minimum atomic E-state index is -1.60. The molecule has 270 valence electrons. The van der Waals surface area contributed by atoms with Crippen LogP contribution in [0.15, 0.2) is 0 Å². The van der Waals surface area contributed by atoms with Gasteiger partial charge in [0.1, 0.15) is 48.8 Å². The Hall–Kier alpha value is -0.760. The van der Waals surface area contributed by atoms with Gasteiger partial charge in [-0.25, -0.2) is 0 Å². The minimum absolute atomic E-state index is 0.00922. The Morgan fingerprint density at radius 1 is 0.652 bits per heavy atom. The first kappa shape index (κ1) is 38.0. The van der Waals surface area contributed by atoms with E-state index in [1.54, 1.807) is 0 Å². The lowest BCUT2D eigenvalue weighted by Gasteiger charge is -2.47. The maximum Gasteiger partial charge on any atom is 0.187 e. The van der Waals surface area contributed by atoms with E-state index < -0.39 is 129 Å². The number of aliphatic hydroxyl groups is 8. The summed E-state index contributed by atoms with van der Waals surface area (Å²) in [7, 11) is 0. The van der Waals surface area contributed by atoms with E-state index in [-0.39, 0.29) is 38.8 Å². The molecule has 4 aliphatic rings. The van der Waals surface area contributed by atoms with Gasteiger partial charge in [-0.15, -0.1) is 0 Å². The Bertz CT molecular complexity index is 932. The normalized spacial score (nSPS) is 49.2. The second kappa shape index (κ2) is 16.8. The van der Waals surface area contributed by atoms with E-state index in [0.29, 0.717) is 0 Å². The van der Waals surface area contributed by atoms with Crippen molar-refractivity contribution in [3.63, 3.8) is 0 Å². The number of nitrogens with two attached hydrogens (primary N) is 5. The van der Waals surface area contributed by atoms with Crippen molar-refractivity contribution in [2.24, 2.45) is 34.6 Å². The van der Waals surface area contributed by atoms with Crippen LogP contribution in [-0.4, -0.2) is 177 Å². The Kier molecular flexibility index (Phi) is 13.9. The van der Waals surface area contributed by atoms with Crippen LogP contribution < -0.4 is 28.7 Å². The molecule has 1 unspecified atom stereocenters. The molecular formula is C27H53N5O14. The lowest BCUT2D eigenvalue weighted by molar-refractivity contribution is -0.299. The van der Waals surface area contributed by atoms with Crippen LogP contribution in [0.1, 0.15) is 25.7 Å². The van der Waals surface area contributed by atoms with Gasteiger partial charge in [-0.1, -0.05) is 0 Å². The fourth-order valence-corrected chi connectivity index (χ4v) is 6.57. The smallest absolute Gasteiger partial charge is 0.187 e. The molecule has 0 aromatic heterocycles. The highest BCUT2D eigenvalue weighted by Crippen LogP contribution is 2.37. The molecule has 0 aromatic rings. The molecule has 0 spiro atoms.